The van der Waals surface area contributed by atoms with E-state index >= 15 is 0 Å². The van der Waals surface area contributed by atoms with E-state index in [9.17, 15) is 17.8 Å². The van der Waals surface area contributed by atoms with Gasteiger partial charge in [0.2, 0.25) is 0 Å². The number of ether oxygens (including phenoxy) is 1. The fourth-order valence-corrected chi connectivity index (χ4v) is 1.37. The second kappa shape index (κ2) is 7.94. The van der Waals surface area contributed by atoms with E-state index in [1.807, 2.05) is 0 Å². The van der Waals surface area contributed by atoms with Gasteiger partial charge in [0.05, 0.1) is 16.2 Å². The van der Waals surface area contributed by atoms with Crippen LogP contribution < -0.4 is 18.9 Å². The summed E-state index contributed by atoms with van der Waals surface area (Å²) in [4.78, 5) is 10.7. The molecule has 5 nitrogen and oxygen atoms in total. The fourth-order valence-electron chi connectivity index (χ4n) is 0.853. The molecule has 1 atom stereocenters. The van der Waals surface area contributed by atoms with Gasteiger partial charge >= 0.3 is 24.8 Å². The van der Waals surface area contributed by atoms with Crippen LogP contribution in [0.4, 0.5) is 0 Å². The fraction of sp³-hybridized carbons (Fsp3) is 0.625. The Morgan fingerprint density at radius 1 is 1.60 bits per heavy atom. The number of rotatable bonds is 6. The van der Waals surface area contributed by atoms with E-state index in [2.05, 4.69) is 6.58 Å². The van der Waals surface area contributed by atoms with Crippen LogP contribution in [0.1, 0.15) is 19.8 Å². The molecule has 15 heavy (non-hydrogen) atoms. The third kappa shape index (κ3) is 11.6. The van der Waals surface area contributed by atoms with E-state index in [4.69, 9.17) is 4.74 Å². The van der Waals surface area contributed by atoms with Crippen LogP contribution in [0.2, 0.25) is 0 Å². The van der Waals surface area contributed by atoms with Crippen LogP contribution in [0, 0.1) is 0 Å². The van der Waals surface area contributed by atoms with Crippen molar-refractivity contribution in [2.75, 3.05) is 5.75 Å². The minimum Gasteiger partial charge on any atom is -0.748 e. The van der Waals surface area contributed by atoms with Crippen LogP contribution in [-0.2, 0) is 19.6 Å². The van der Waals surface area contributed by atoms with Gasteiger partial charge in [0.15, 0.2) is 0 Å². The zero-order valence-electron chi connectivity index (χ0n) is 8.93. The van der Waals surface area contributed by atoms with Gasteiger partial charge in [0.1, 0.15) is 0 Å². The van der Waals surface area contributed by atoms with Crippen molar-refractivity contribution in [1.29, 1.82) is 0 Å². The summed E-state index contributed by atoms with van der Waals surface area (Å²) >= 11 is 0. The molecule has 0 aromatic heterocycles. The van der Waals surface area contributed by atoms with Crippen LogP contribution in [0.3, 0.4) is 0 Å². The predicted molar refractivity (Wildman–Crippen MR) is 49.5 cm³/mol. The first-order valence-corrected chi connectivity index (χ1v) is 5.69. The number of esters is 1. The van der Waals surface area contributed by atoms with E-state index in [1.54, 1.807) is 6.92 Å². The third-order valence-corrected chi connectivity index (χ3v) is 2.28. The second-order valence-corrected chi connectivity index (χ2v) is 4.38. The Morgan fingerprint density at radius 3 is 2.53 bits per heavy atom. The molecule has 0 saturated heterocycles. The normalized spacial score (nSPS) is 12.4. The Kier molecular flexibility index (Phi) is 9.06. The van der Waals surface area contributed by atoms with Crippen molar-refractivity contribution in [3.8, 4) is 0 Å². The molecule has 1 unspecified atom stereocenters. The Balaban J connectivity index is 0. The maximum absolute atomic E-state index is 10.7. The van der Waals surface area contributed by atoms with E-state index in [-0.39, 0.29) is 25.3 Å². The van der Waals surface area contributed by atoms with E-state index in [0.717, 1.165) is 6.08 Å². The van der Waals surface area contributed by atoms with Gasteiger partial charge in [-0.25, -0.2) is 13.2 Å². The molecule has 0 amide bonds. The smallest absolute Gasteiger partial charge is 0.748 e. The molecule has 0 radical (unpaired) electrons. The summed E-state index contributed by atoms with van der Waals surface area (Å²) in [6.45, 7) is 4.84. The average molecular weight is 228 g/mol. The molecular formula is C8H13LiO5S. The summed E-state index contributed by atoms with van der Waals surface area (Å²) in [6, 6.07) is 0. The molecule has 82 valence electrons. The first-order valence-electron chi connectivity index (χ1n) is 4.12. The van der Waals surface area contributed by atoms with Gasteiger partial charge in [-0.15, -0.1) is 0 Å². The number of carbonyl (C=O) groups is 1. The molecule has 0 aliphatic heterocycles. The van der Waals surface area contributed by atoms with Crippen molar-refractivity contribution >= 4 is 16.1 Å². The topological polar surface area (TPSA) is 83.5 Å². The molecule has 0 heterocycles. The second-order valence-electron chi connectivity index (χ2n) is 2.86. The number of hydrogen-bond donors (Lipinski definition) is 0. The monoisotopic (exact) mass is 228 g/mol. The molecule has 0 rings (SSSR count). The predicted octanol–water partition coefficient (Wildman–Crippen LogP) is -2.57. The summed E-state index contributed by atoms with van der Waals surface area (Å²) in [5.41, 5.74) is 0. The van der Waals surface area contributed by atoms with Crippen molar-refractivity contribution in [2.45, 2.75) is 25.9 Å². The van der Waals surface area contributed by atoms with Crippen molar-refractivity contribution < 1.29 is 41.4 Å². The SMILES string of the molecule is C=CC(=O)OC(C)CCCS(=O)(=O)[O-].[Li+]. The van der Waals surface area contributed by atoms with Crippen molar-refractivity contribution in [3.05, 3.63) is 12.7 Å². The largest absolute Gasteiger partial charge is 1.00 e. The molecule has 0 aliphatic rings. The Morgan fingerprint density at radius 2 is 2.13 bits per heavy atom. The van der Waals surface area contributed by atoms with E-state index < -0.39 is 27.9 Å². The van der Waals surface area contributed by atoms with Crippen LogP contribution in [0.15, 0.2) is 12.7 Å². The minimum absolute atomic E-state index is 0. The average Bonchev–Trinajstić information content (AvgIpc) is 2.01. The minimum atomic E-state index is -4.16. The number of carbonyl (C=O) groups excluding carboxylic acids is 1. The molecule has 0 aromatic carbocycles. The molecule has 0 aromatic rings. The van der Waals surface area contributed by atoms with E-state index in [0.29, 0.717) is 6.42 Å². The zero-order chi connectivity index (χ0) is 11.2. The van der Waals surface area contributed by atoms with Crippen LogP contribution in [-0.4, -0.2) is 30.8 Å². The molecule has 0 fully saturated rings. The number of hydrogen-bond acceptors (Lipinski definition) is 5. The van der Waals surface area contributed by atoms with Crippen LogP contribution in [0.25, 0.3) is 0 Å². The van der Waals surface area contributed by atoms with E-state index in [1.165, 1.54) is 0 Å². The summed E-state index contributed by atoms with van der Waals surface area (Å²) in [5, 5.41) is 0. The molecule has 0 aliphatic carbocycles. The van der Waals surface area contributed by atoms with Crippen LogP contribution in [0.5, 0.6) is 0 Å². The molecule has 7 heteroatoms. The van der Waals surface area contributed by atoms with Crippen LogP contribution >= 0.6 is 0 Å². The molecule has 0 N–H and O–H groups in total. The summed E-state index contributed by atoms with van der Waals surface area (Å²) in [6.07, 6.45) is 1.17. The summed E-state index contributed by atoms with van der Waals surface area (Å²) in [7, 11) is -4.16. The molecule has 0 bridgehead atoms. The van der Waals surface area contributed by atoms with Gasteiger partial charge in [-0.1, -0.05) is 6.58 Å². The molecular weight excluding hydrogens is 215 g/mol. The van der Waals surface area contributed by atoms with Crippen molar-refractivity contribution in [1.82, 2.24) is 0 Å². The Hall–Kier alpha value is -0.283. The first-order chi connectivity index (χ1) is 6.35. The van der Waals surface area contributed by atoms with Gasteiger partial charge in [-0.2, -0.15) is 0 Å². The standard InChI is InChI=1S/C8H14O5S.Li/c1-3-8(9)13-7(2)5-4-6-14(10,11)12;/h3,7H,1,4-6H2,2H3,(H,10,11,12);/q;+1/p-1. The van der Waals surface area contributed by atoms with Crippen molar-refractivity contribution in [2.24, 2.45) is 0 Å². The van der Waals surface area contributed by atoms with Gasteiger partial charge in [0, 0.05) is 11.8 Å². The van der Waals surface area contributed by atoms with Gasteiger partial charge < -0.3 is 9.29 Å². The Bertz CT molecular complexity index is 298. The maximum Gasteiger partial charge on any atom is 1.00 e. The maximum atomic E-state index is 10.7. The van der Waals surface area contributed by atoms with Gasteiger partial charge in [-0.05, 0) is 19.8 Å². The summed E-state index contributed by atoms with van der Waals surface area (Å²) in [5.74, 6) is -0.981. The summed E-state index contributed by atoms with van der Waals surface area (Å²) < 4.78 is 35.4. The zero-order valence-corrected chi connectivity index (χ0v) is 9.75. The first kappa shape index (κ1) is 17.1. The van der Waals surface area contributed by atoms with Crippen molar-refractivity contribution in [3.63, 3.8) is 0 Å². The quantitative estimate of drug-likeness (QED) is 0.216. The molecule has 0 saturated carbocycles. The Labute approximate surface area is 102 Å². The molecule has 0 spiro atoms. The third-order valence-electron chi connectivity index (χ3n) is 1.49. The van der Waals surface area contributed by atoms with Gasteiger partial charge in [0.25, 0.3) is 0 Å². The van der Waals surface area contributed by atoms with Gasteiger partial charge in [-0.3, -0.25) is 0 Å².